The molecule has 3 aromatic rings. The molecule has 0 radical (unpaired) electrons. The van der Waals surface area contributed by atoms with Crippen molar-refractivity contribution >= 4 is 39.0 Å². The maximum atomic E-state index is 12.9. The van der Waals surface area contributed by atoms with E-state index in [0.717, 1.165) is 27.3 Å². The number of hydrogen-bond donors (Lipinski definition) is 1. The summed E-state index contributed by atoms with van der Waals surface area (Å²) in [5, 5.41) is 2.93. The van der Waals surface area contributed by atoms with E-state index in [2.05, 4.69) is 21.2 Å². The Bertz CT molecular complexity index is 834. The highest BCUT2D eigenvalue weighted by molar-refractivity contribution is 9.10. The predicted octanol–water partition coefficient (Wildman–Crippen LogP) is 5.83. The highest BCUT2D eigenvalue weighted by Crippen LogP contribution is 2.28. The first-order chi connectivity index (χ1) is 12.2. The molecule has 5 heteroatoms. The van der Waals surface area contributed by atoms with Crippen LogP contribution in [0, 0.1) is 0 Å². The lowest BCUT2D eigenvalue weighted by molar-refractivity contribution is 0.259. The van der Waals surface area contributed by atoms with E-state index in [1.807, 2.05) is 78.9 Å². The number of carbonyl (C=O) groups is 1. The molecule has 0 bridgehead atoms. The molecule has 0 aromatic heterocycles. The van der Waals surface area contributed by atoms with Crippen LogP contribution in [-0.4, -0.2) is 13.1 Å². The van der Waals surface area contributed by atoms with Gasteiger partial charge < -0.3 is 10.1 Å². The zero-order valence-electron chi connectivity index (χ0n) is 13.6. The molecule has 3 aromatic carbocycles. The molecular formula is C20H17BrN2O2. The van der Waals surface area contributed by atoms with E-state index in [1.54, 1.807) is 12.0 Å². The van der Waals surface area contributed by atoms with E-state index in [4.69, 9.17) is 4.74 Å². The highest BCUT2D eigenvalue weighted by Gasteiger charge is 2.18. The third-order valence-electron chi connectivity index (χ3n) is 3.64. The smallest absolute Gasteiger partial charge is 0.330 e. The molecule has 126 valence electrons. The number of rotatable bonds is 4. The minimum absolute atomic E-state index is 0.237. The molecule has 0 fully saturated rings. The third-order valence-corrected chi connectivity index (χ3v) is 4.17. The SMILES string of the molecule is COc1ccc(N(C(=O)Nc2ccc(Br)cc2)c2ccccc2)cc1. The van der Waals surface area contributed by atoms with Crippen LogP contribution in [-0.2, 0) is 0 Å². The van der Waals surface area contributed by atoms with Gasteiger partial charge >= 0.3 is 6.03 Å². The fourth-order valence-electron chi connectivity index (χ4n) is 2.40. The van der Waals surface area contributed by atoms with Crippen LogP contribution in [0.4, 0.5) is 21.9 Å². The number of urea groups is 1. The molecule has 0 heterocycles. The van der Waals surface area contributed by atoms with Gasteiger partial charge in [0.15, 0.2) is 0 Å². The molecule has 0 saturated carbocycles. The fourth-order valence-corrected chi connectivity index (χ4v) is 2.67. The molecule has 1 N–H and O–H groups in total. The lowest BCUT2D eigenvalue weighted by Gasteiger charge is -2.23. The number of ether oxygens (including phenoxy) is 1. The molecule has 0 aliphatic rings. The van der Waals surface area contributed by atoms with Gasteiger partial charge in [0, 0.05) is 10.2 Å². The van der Waals surface area contributed by atoms with Crippen molar-refractivity contribution in [2.75, 3.05) is 17.3 Å². The summed E-state index contributed by atoms with van der Waals surface area (Å²) in [6.45, 7) is 0. The Morgan fingerprint density at radius 2 is 1.48 bits per heavy atom. The number of hydrogen-bond acceptors (Lipinski definition) is 2. The van der Waals surface area contributed by atoms with Crippen molar-refractivity contribution in [2.45, 2.75) is 0 Å². The van der Waals surface area contributed by atoms with Gasteiger partial charge in [0.05, 0.1) is 18.5 Å². The Morgan fingerprint density at radius 3 is 2.08 bits per heavy atom. The maximum absolute atomic E-state index is 12.9. The van der Waals surface area contributed by atoms with Gasteiger partial charge in [-0.25, -0.2) is 4.79 Å². The van der Waals surface area contributed by atoms with E-state index in [0.29, 0.717) is 0 Å². The van der Waals surface area contributed by atoms with Gasteiger partial charge in [0.1, 0.15) is 5.75 Å². The lowest BCUT2D eigenvalue weighted by Crippen LogP contribution is -2.30. The molecular weight excluding hydrogens is 380 g/mol. The van der Waals surface area contributed by atoms with Crippen LogP contribution in [0.2, 0.25) is 0 Å². The molecule has 0 unspecified atom stereocenters. The Balaban J connectivity index is 1.92. The molecule has 3 rings (SSSR count). The second-order valence-electron chi connectivity index (χ2n) is 5.31. The van der Waals surface area contributed by atoms with Crippen LogP contribution in [0.15, 0.2) is 83.3 Å². The number of anilines is 3. The monoisotopic (exact) mass is 396 g/mol. The minimum Gasteiger partial charge on any atom is -0.497 e. The van der Waals surface area contributed by atoms with Crippen LogP contribution >= 0.6 is 15.9 Å². The second kappa shape index (κ2) is 7.85. The fraction of sp³-hybridized carbons (Fsp3) is 0.0500. The van der Waals surface area contributed by atoms with E-state index < -0.39 is 0 Å². The van der Waals surface area contributed by atoms with Crippen molar-refractivity contribution in [3.8, 4) is 5.75 Å². The first-order valence-corrected chi connectivity index (χ1v) is 8.52. The molecule has 0 aliphatic carbocycles. The van der Waals surface area contributed by atoms with Crippen molar-refractivity contribution in [2.24, 2.45) is 0 Å². The Morgan fingerprint density at radius 1 is 0.880 bits per heavy atom. The van der Waals surface area contributed by atoms with E-state index in [-0.39, 0.29) is 6.03 Å². The van der Waals surface area contributed by atoms with Crippen molar-refractivity contribution in [1.29, 1.82) is 0 Å². The summed E-state index contributed by atoms with van der Waals surface area (Å²) in [6, 6.07) is 24.1. The molecule has 4 nitrogen and oxygen atoms in total. The van der Waals surface area contributed by atoms with Crippen molar-refractivity contribution in [3.63, 3.8) is 0 Å². The molecule has 0 saturated heterocycles. The highest BCUT2D eigenvalue weighted by atomic mass is 79.9. The average Bonchev–Trinajstić information content (AvgIpc) is 2.65. The largest absolute Gasteiger partial charge is 0.497 e. The molecule has 2 amide bonds. The number of amides is 2. The second-order valence-corrected chi connectivity index (χ2v) is 6.22. The Kier molecular flexibility index (Phi) is 5.36. The number of methoxy groups -OCH3 is 1. The average molecular weight is 397 g/mol. The first-order valence-electron chi connectivity index (χ1n) is 7.73. The first kappa shape index (κ1) is 17.0. The van der Waals surface area contributed by atoms with Crippen molar-refractivity contribution in [1.82, 2.24) is 0 Å². The molecule has 25 heavy (non-hydrogen) atoms. The number of nitrogens with zero attached hydrogens (tertiary/aromatic N) is 1. The van der Waals surface area contributed by atoms with Gasteiger partial charge in [-0.05, 0) is 60.7 Å². The zero-order valence-corrected chi connectivity index (χ0v) is 15.2. The van der Waals surface area contributed by atoms with Gasteiger partial charge in [-0.3, -0.25) is 4.90 Å². The predicted molar refractivity (Wildman–Crippen MR) is 105 cm³/mol. The summed E-state index contributed by atoms with van der Waals surface area (Å²) in [5.41, 5.74) is 2.26. The van der Waals surface area contributed by atoms with Crippen LogP contribution in [0.3, 0.4) is 0 Å². The normalized spacial score (nSPS) is 10.2. The standard InChI is InChI=1S/C20H17BrN2O2/c1-25-19-13-11-18(12-14-19)23(17-5-3-2-4-6-17)20(24)22-16-9-7-15(21)8-10-16/h2-14H,1H3,(H,22,24). The Hall–Kier alpha value is -2.79. The number of para-hydroxylation sites is 1. The summed E-state index contributed by atoms with van der Waals surface area (Å²) in [4.78, 5) is 14.6. The summed E-state index contributed by atoms with van der Waals surface area (Å²) < 4.78 is 6.16. The number of benzene rings is 3. The summed E-state index contributed by atoms with van der Waals surface area (Å²) >= 11 is 3.39. The van der Waals surface area contributed by atoms with Crippen molar-refractivity contribution in [3.05, 3.63) is 83.3 Å². The van der Waals surface area contributed by atoms with Gasteiger partial charge in [-0.2, -0.15) is 0 Å². The summed E-state index contributed by atoms with van der Waals surface area (Å²) in [7, 11) is 1.62. The van der Waals surface area contributed by atoms with Gasteiger partial charge in [-0.1, -0.05) is 34.1 Å². The molecule has 0 atom stereocenters. The lowest BCUT2D eigenvalue weighted by atomic mass is 10.2. The van der Waals surface area contributed by atoms with Crippen LogP contribution in [0.5, 0.6) is 5.75 Å². The molecule has 0 aliphatic heterocycles. The van der Waals surface area contributed by atoms with Gasteiger partial charge in [0.2, 0.25) is 0 Å². The number of halogens is 1. The quantitative estimate of drug-likeness (QED) is 0.602. The van der Waals surface area contributed by atoms with Crippen LogP contribution in [0.1, 0.15) is 0 Å². The Labute approximate surface area is 155 Å². The summed E-state index contributed by atoms with van der Waals surface area (Å²) in [5.74, 6) is 0.741. The summed E-state index contributed by atoms with van der Waals surface area (Å²) in [6.07, 6.45) is 0. The van der Waals surface area contributed by atoms with Gasteiger partial charge in [-0.15, -0.1) is 0 Å². The van der Waals surface area contributed by atoms with Gasteiger partial charge in [0.25, 0.3) is 0 Å². The number of nitrogens with one attached hydrogen (secondary N) is 1. The van der Waals surface area contributed by atoms with Crippen molar-refractivity contribution < 1.29 is 9.53 Å². The number of carbonyl (C=O) groups excluding carboxylic acids is 1. The van der Waals surface area contributed by atoms with Crippen LogP contribution in [0.25, 0.3) is 0 Å². The van der Waals surface area contributed by atoms with Crippen LogP contribution < -0.4 is 15.0 Å². The maximum Gasteiger partial charge on any atom is 0.330 e. The third kappa shape index (κ3) is 4.19. The topological polar surface area (TPSA) is 41.6 Å². The minimum atomic E-state index is -0.237. The van der Waals surface area contributed by atoms with E-state index in [9.17, 15) is 4.79 Å². The van der Waals surface area contributed by atoms with E-state index in [1.165, 1.54) is 0 Å². The zero-order chi connectivity index (χ0) is 17.6. The molecule has 0 spiro atoms. The van der Waals surface area contributed by atoms with E-state index >= 15 is 0 Å².